The highest BCUT2D eigenvalue weighted by molar-refractivity contribution is 6.06. The number of morpholine rings is 1. The molecule has 1 N–H and O–H groups in total. The van der Waals surface area contributed by atoms with Crippen molar-refractivity contribution >= 4 is 17.4 Å². The van der Waals surface area contributed by atoms with E-state index in [4.69, 9.17) is 9.47 Å². The number of carbonyl (C=O) groups excluding carboxylic acids is 1. The average Bonchev–Trinajstić information content (AvgIpc) is 3.28. The molecule has 8 nitrogen and oxygen atoms in total. The molecule has 31 heavy (non-hydrogen) atoms. The lowest BCUT2D eigenvalue weighted by atomic mass is 10.1. The topological polar surface area (TPSA) is 81.5 Å². The van der Waals surface area contributed by atoms with Crippen LogP contribution in [0.25, 0.3) is 11.5 Å². The first-order valence-electron chi connectivity index (χ1n) is 10.7. The van der Waals surface area contributed by atoms with Crippen LogP contribution in [-0.4, -0.2) is 53.4 Å². The molecule has 2 bridgehead atoms. The van der Waals surface area contributed by atoms with Crippen LogP contribution in [0.4, 0.5) is 11.5 Å². The lowest BCUT2D eigenvalue weighted by molar-refractivity contribution is 0.102. The molecule has 0 unspecified atom stereocenters. The number of benzene rings is 1. The standard InChI is InChI=1S/C23H25N5O3/c29-23-18-16-17(27-11-14-30-15-12-27)6-7-20(18)31-13-2-1-9-28-10-8-24-22(28)19-4-3-5-21(25-19)26-23/h3-8,10,16H,1-2,9,11-15H2,(H,25,26,29). The van der Waals surface area contributed by atoms with E-state index < -0.39 is 0 Å². The molecule has 160 valence electrons. The Morgan fingerprint density at radius 1 is 1.00 bits per heavy atom. The van der Waals surface area contributed by atoms with Crippen LogP contribution in [0.15, 0.2) is 48.8 Å². The normalized spacial score (nSPS) is 17.0. The summed E-state index contributed by atoms with van der Waals surface area (Å²) in [5, 5.41) is 2.93. The highest BCUT2D eigenvalue weighted by Gasteiger charge is 2.19. The Balaban J connectivity index is 1.49. The summed E-state index contributed by atoms with van der Waals surface area (Å²) in [7, 11) is 0. The molecular weight excluding hydrogens is 394 g/mol. The zero-order valence-electron chi connectivity index (χ0n) is 17.3. The van der Waals surface area contributed by atoms with Gasteiger partial charge in [0.15, 0.2) is 5.82 Å². The monoisotopic (exact) mass is 419 g/mol. The van der Waals surface area contributed by atoms with Crippen LogP contribution in [0.1, 0.15) is 23.2 Å². The smallest absolute Gasteiger partial charge is 0.260 e. The fraction of sp³-hybridized carbons (Fsp3) is 0.348. The number of aryl methyl sites for hydroxylation is 1. The summed E-state index contributed by atoms with van der Waals surface area (Å²) in [6.45, 7) is 4.36. The molecule has 5 rings (SSSR count). The molecular formula is C23H25N5O3. The zero-order valence-corrected chi connectivity index (χ0v) is 17.3. The van der Waals surface area contributed by atoms with Crippen molar-refractivity contribution in [3.05, 3.63) is 54.4 Å². The Hall–Kier alpha value is -3.39. The number of amides is 1. The summed E-state index contributed by atoms with van der Waals surface area (Å²) in [5.74, 6) is 1.63. The molecule has 0 atom stereocenters. The van der Waals surface area contributed by atoms with Crippen molar-refractivity contribution < 1.29 is 14.3 Å². The van der Waals surface area contributed by atoms with Gasteiger partial charge in [0.25, 0.3) is 5.91 Å². The van der Waals surface area contributed by atoms with Gasteiger partial charge < -0.3 is 24.3 Å². The van der Waals surface area contributed by atoms with Gasteiger partial charge in [-0.05, 0) is 43.2 Å². The van der Waals surface area contributed by atoms with Crippen LogP contribution in [0, 0.1) is 0 Å². The molecule has 2 aliphatic heterocycles. The second kappa shape index (κ2) is 8.77. The van der Waals surface area contributed by atoms with Crippen LogP contribution in [0.2, 0.25) is 0 Å². The van der Waals surface area contributed by atoms with Gasteiger partial charge in [0.05, 0.1) is 25.4 Å². The fourth-order valence-electron chi connectivity index (χ4n) is 3.94. The number of ether oxygens (including phenoxy) is 2. The number of carbonyl (C=O) groups is 1. The summed E-state index contributed by atoms with van der Waals surface area (Å²) in [5.41, 5.74) is 2.24. The summed E-state index contributed by atoms with van der Waals surface area (Å²) >= 11 is 0. The Labute approximate surface area is 180 Å². The van der Waals surface area contributed by atoms with Gasteiger partial charge in [0.1, 0.15) is 17.3 Å². The first-order chi connectivity index (χ1) is 15.3. The molecule has 4 heterocycles. The molecule has 1 amide bonds. The largest absolute Gasteiger partial charge is 0.493 e. The Morgan fingerprint density at radius 3 is 2.81 bits per heavy atom. The van der Waals surface area contributed by atoms with Crippen LogP contribution < -0.4 is 15.0 Å². The van der Waals surface area contributed by atoms with E-state index in [9.17, 15) is 4.79 Å². The van der Waals surface area contributed by atoms with Crippen LogP contribution in [0.5, 0.6) is 5.75 Å². The van der Waals surface area contributed by atoms with Gasteiger partial charge in [0.2, 0.25) is 0 Å². The minimum absolute atomic E-state index is 0.241. The number of hydrogen-bond acceptors (Lipinski definition) is 6. The number of nitrogens with one attached hydrogen (secondary N) is 1. The van der Waals surface area contributed by atoms with Crippen molar-refractivity contribution in [2.45, 2.75) is 19.4 Å². The van der Waals surface area contributed by atoms with Crippen molar-refractivity contribution in [2.24, 2.45) is 0 Å². The van der Waals surface area contributed by atoms with Crippen molar-refractivity contribution in [1.82, 2.24) is 14.5 Å². The molecule has 1 saturated heterocycles. The second-order valence-corrected chi connectivity index (χ2v) is 7.64. The number of fused-ring (bicyclic) bond motifs is 5. The molecule has 0 saturated carbocycles. The first-order valence-corrected chi connectivity index (χ1v) is 10.7. The summed E-state index contributed by atoms with van der Waals surface area (Å²) in [6, 6.07) is 11.4. The number of hydrogen-bond donors (Lipinski definition) is 1. The maximum Gasteiger partial charge on any atom is 0.260 e. The number of nitrogens with zero attached hydrogens (tertiary/aromatic N) is 4. The fourth-order valence-corrected chi connectivity index (χ4v) is 3.94. The third-order valence-electron chi connectivity index (χ3n) is 5.57. The van der Waals surface area contributed by atoms with Gasteiger partial charge in [-0.15, -0.1) is 0 Å². The second-order valence-electron chi connectivity index (χ2n) is 7.64. The molecule has 1 aromatic carbocycles. The maximum atomic E-state index is 13.2. The Kier molecular flexibility index (Phi) is 5.54. The zero-order chi connectivity index (χ0) is 21.0. The minimum Gasteiger partial charge on any atom is -0.493 e. The van der Waals surface area contributed by atoms with Gasteiger partial charge in [-0.1, -0.05) is 6.07 Å². The predicted molar refractivity (Wildman–Crippen MR) is 118 cm³/mol. The van der Waals surface area contributed by atoms with E-state index in [2.05, 4.69) is 24.8 Å². The van der Waals surface area contributed by atoms with Crippen molar-refractivity contribution in [3.63, 3.8) is 0 Å². The lowest BCUT2D eigenvalue weighted by Gasteiger charge is -2.29. The number of rotatable bonds is 1. The SMILES string of the molecule is O=C1Nc2cccc(n2)-c2nccn2CCCCOc2ccc(N3CCOCC3)cc21. The van der Waals surface area contributed by atoms with Gasteiger partial charge in [-0.3, -0.25) is 4.79 Å². The first kappa shape index (κ1) is 19.6. The number of anilines is 2. The van der Waals surface area contributed by atoms with E-state index in [-0.39, 0.29) is 5.91 Å². The lowest BCUT2D eigenvalue weighted by Crippen LogP contribution is -2.36. The quantitative estimate of drug-likeness (QED) is 0.652. The summed E-state index contributed by atoms with van der Waals surface area (Å²) < 4.78 is 13.6. The minimum atomic E-state index is -0.241. The molecule has 8 heteroatoms. The van der Waals surface area contributed by atoms with E-state index in [0.717, 1.165) is 49.7 Å². The van der Waals surface area contributed by atoms with E-state index >= 15 is 0 Å². The van der Waals surface area contributed by atoms with E-state index in [1.807, 2.05) is 36.5 Å². The molecule has 1 fully saturated rings. The third kappa shape index (κ3) is 4.25. The number of aromatic nitrogens is 3. The van der Waals surface area contributed by atoms with Crippen molar-refractivity contribution in [2.75, 3.05) is 43.1 Å². The average molecular weight is 419 g/mol. The third-order valence-corrected chi connectivity index (χ3v) is 5.57. The molecule has 2 aromatic heterocycles. The van der Waals surface area contributed by atoms with E-state index in [1.165, 1.54) is 0 Å². The molecule has 0 spiro atoms. The summed E-state index contributed by atoms with van der Waals surface area (Å²) in [6.07, 6.45) is 5.55. The van der Waals surface area contributed by atoms with Gasteiger partial charge in [-0.2, -0.15) is 0 Å². The molecule has 0 aliphatic carbocycles. The van der Waals surface area contributed by atoms with Crippen molar-refractivity contribution in [3.8, 4) is 17.3 Å². The molecule has 3 aromatic rings. The molecule has 0 radical (unpaired) electrons. The van der Waals surface area contributed by atoms with Crippen LogP contribution >= 0.6 is 0 Å². The van der Waals surface area contributed by atoms with Gasteiger partial charge in [0, 0.05) is 37.7 Å². The summed E-state index contributed by atoms with van der Waals surface area (Å²) in [4.78, 5) is 24.5. The molecule has 2 aliphatic rings. The van der Waals surface area contributed by atoms with Crippen molar-refractivity contribution in [1.29, 1.82) is 0 Å². The van der Waals surface area contributed by atoms with Crippen LogP contribution in [0.3, 0.4) is 0 Å². The van der Waals surface area contributed by atoms with E-state index in [0.29, 0.717) is 37.0 Å². The number of pyridine rings is 1. The van der Waals surface area contributed by atoms with Gasteiger partial charge in [-0.25, -0.2) is 9.97 Å². The highest BCUT2D eigenvalue weighted by Crippen LogP contribution is 2.28. The number of imidazole rings is 1. The predicted octanol–water partition coefficient (Wildman–Crippen LogP) is 3.21. The van der Waals surface area contributed by atoms with Crippen LogP contribution in [-0.2, 0) is 11.3 Å². The van der Waals surface area contributed by atoms with E-state index in [1.54, 1.807) is 12.3 Å². The van der Waals surface area contributed by atoms with Gasteiger partial charge >= 0.3 is 0 Å². The maximum absolute atomic E-state index is 13.2. The highest BCUT2D eigenvalue weighted by atomic mass is 16.5. The Morgan fingerprint density at radius 2 is 1.90 bits per heavy atom. The Bertz CT molecular complexity index is 1070.